The van der Waals surface area contributed by atoms with Crippen molar-refractivity contribution in [3.05, 3.63) is 47.5 Å². The molecule has 2 aromatic rings. The van der Waals surface area contributed by atoms with Gasteiger partial charge < -0.3 is 10.3 Å². The Balaban J connectivity index is 2.41. The van der Waals surface area contributed by atoms with Crippen LogP contribution in [0.25, 0.3) is 5.69 Å². The third kappa shape index (κ3) is 2.26. The molecule has 4 heteroatoms. The highest BCUT2D eigenvalue weighted by molar-refractivity contribution is 6.32. The Hall–Kier alpha value is -1.32. The van der Waals surface area contributed by atoms with Gasteiger partial charge in [-0.25, -0.2) is 4.98 Å². The van der Waals surface area contributed by atoms with Gasteiger partial charge in [0.15, 0.2) is 0 Å². The topological polar surface area (TPSA) is 43.8 Å². The minimum atomic E-state index is 0.0867. The van der Waals surface area contributed by atoms with Crippen LogP contribution in [-0.2, 0) is 6.42 Å². The van der Waals surface area contributed by atoms with E-state index in [0.29, 0.717) is 5.02 Å². The van der Waals surface area contributed by atoms with Gasteiger partial charge >= 0.3 is 0 Å². The van der Waals surface area contributed by atoms with Gasteiger partial charge in [0, 0.05) is 24.9 Å². The van der Waals surface area contributed by atoms with E-state index >= 15 is 0 Å². The second kappa shape index (κ2) is 4.68. The van der Waals surface area contributed by atoms with Crippen LogP contribution >= 0.6 is 11.6 Å². The number of imidazole rings is 1. The number of benzene rings is 1. The quantitative estimate of drug-likeness (QED) is 0.888. The third-order valence-electron chi connectivity index (χ3n) is 2.33. The number of para-hydroxylation sites is 1. The number of aromatic nitrogens is 2. The zero-order valence-corrected chi connectivity index (χ0v) is 9.85. The Labute approximate surface area is 99.9 Å². The lowest BCUT2D eigenvalue weighted by molar-refractivity contribution is 0.692. The summed E-state index contributed by atoms with van der Waals surface area (Å²) >= 11 is 6.14. The molecule has 84 valence electrons. The van der Waals surface area contributed by atoms with Gasteiger partial charge in [0.25, 0.3) is 0 Å². The van der Waals surface area contributed by atoms with E-state index in [1.165, 1.54) is 0 Å². The molecule has 0 amide bonds. The molecule has 16 heavy (non-hydrogen) atoms. The number of hydrogen-bond donors (Lipinski definition) is 1. The summed E-state index contributed by atoms with van der Waals surface area (Å²) < 4.78 is 1.98. The lowest BCUT2D eigenvalue weighted by atomic mass is 10.2. The molecule has 1 aromatic heterocycles. The average molecular weight is 236 g/mol. The van der Waals surface area contributed by atoms with Crippen LogP contribution in [0.15, 0.2) is 36.7 Å². The van der Waals surface area contributed by atoms with Crippen LogP contribution in [0.1, 0.15) is 12.7 Å². The Morgan fingerprint density at radius 2 is 2.19 bits per heavy atom. The summed E-state index contributed by atoms with van der Waals surface area (Å²) in [6, 6.07) is 7.79. The molecule has 1 aromatic carbocycles. The molecule has 3 nitrogen and oxygen atoms in total. The highest BCUT2D eigenvalue weighted by Crippen LogP contribution is 2.21. The lowest BCUT2D eigenvalue weighted by Gasteiger charge is -2.10. The van der Waals surface area contributed by atoms with Crippen molar-refractivity contribution in [3.63, 3.8) is 0 Å². The zero-order valence-electron chi connectivity index (χ0n) is 9.10. The predicted molar refractivity (Wildman–Crippen MR) is 65.9 cm³/mol. The van der Waals surface area contributed by atoms with Crippen molar-refractivity contribution in [1.29, 1.82) is 0 Å². The fraction of sp³-hybridized carbons (Fsp3) is 0.250. The molecule has 1 unspecified atom stereocenters. The van der Waals surface area contributed by atoms with Crippen LogP contribution in [0.4, 0.5) is 0 Å². The predicted octanol–water partition coefficient (Wildman–Crippen LogP) is 2.42. The molecular formula is C12H14ClN3. The first-order valence-electron chi connectivity index (χ1n) is 5.21. The summed E-state index contributed by atoms with van der Waals surface area (Å²) in [5.41, 5.74) is 6.72. The van der Waals surface area contributed by atoms with E-state index < -0.39 is 0 Å². The van der Waals surface area contributed by atoms with Gasteiger partial charge in [-0.2, -0.15) is 0 Å². The molecule has 0 fully saturated rings. The molecule has 0 spiro atoms. The summed E-state index contributed by atoms with van der Waals surface area (Å²) in [5.74, 6) is 0.933. The minimum absolute atomic E-state index is 0.0867. The van der Waals surface area contributed by atoms with Crippen molar-refractivity contribution >= 4 is 11.6 Å². The maximum atomic E-state index is 6.14. The van der Waals surface area contributed by atoms with E-state index in [2.05, 4.69) is 4.98 Å². The first-order valence-corrected chi connectivity index (χ1v) is 5.59. The number of hydrogen-bond acceptors (Lipinski definition) is 2. The molecule has 0 aliphatic heterocycles. The Kier molecular flexibility index (Phi) is 3.27. The average Bonchev–Trinajstić information content (AvgIpc) is 2.66. The largest absolute Gasteiger partial charge is 0.328 e. The van der Waals surface area contributed by atoms with E-state index in [1.807, 2.05) is 42.0 Å². The molecule has 1 heterocycles. The van der Waals surface area contributed by atoms with Crippen LogP contribution < -0.4 is 5.73 Å². The Morgan fingerprint density at radius 3 is 2.88 bits per heavy atom. The highest BCUT2D eigenvalue weighted by atomic mass is 35.5. The molecule has 0 aliphatic rings. The smallest absolute Gasteiger partial charge is 0.114 e. The van der Waals surface area contributed by atoms with Gasteiger partial charge in [0.05, 0.1) is 10.7 Å². The maximum Gasteiger partial charge on any atom is 0.114 e. The first kappa shape index (κ1) is 11.2. The summed E-state index contributed by atoms with van der Waals surface area (Å²) in [5, 5.41) is 0.714. The van der Waals surface area contributed by atoms with Crippen LogP contribution in [0.5, 0.6) is 0 Å². The Bertz CT molecular complexity index is 477. The first-order chi connectivity index (χ1) is 7.68. The fourth-order valence-electron chi connectivity index (χ4n) is 1.64. The summed E-state index contributed by atoms with van der Waals surface area (Å²) in [7, 11) is 0. The molecular weight excluding hydrogens is 222 g/mol. The number of halogens is 1. The molecule has 2 rings (SSSR count). The standard InChI is InChI=1S/C12H14ClN3/c1-9(14)8-12-15-6-7-16(12)11-5-3-2-4-10(11)13/h2-7,9H,8,14H2,1H3. The van der Waals surface area contributed by atoms with E-state index in [9.17, 15) is 0 Å². The molecule has 0 bridgehead atoms. The van der Waals surface area contributed by atoms with Crippen LogP contribution in [-0.4, -0.2) is 15.6 Å². The van der Waals surface area contributed by atoms with Crippen molar-refractivity contribution in [2.45, 2.75) is 19.4 Å². The van der Waals surface area contributed by atoms with Gasteiger partial charge in [0.1, 0.15) is 5.82 Å². The maximum absolute atomic E-state index is 6.14. The van der Waals surface area contributed by atoms with Crippen molar-refractivity contribution in [1.82, 2.24) is 9.55 Å². The zero-order chi connectivity index (χ0) is 11.5. The SMILES string of the molecule is CC(N)Cc1nccn1-c1ccccc1Cl. The summed E-state index contributed by atoms with van der Waals surface area (Å²) in [4.78, 5) is 4.30. The van der Waals surface area contributed by atoms with Gasteiger partial charge in [-0.1, -0.05) is 23.7 Å². The third-order valence-corrected chi connectivity index (χ3v) is 2.65. The molecule has 1 atom stereocenters. The van der Waals surface area contributed by atoms with Crippen LogP contribution in [0.3, 0.4) is 0 Å². The van der Waals surface area contributed by atoms with Crippen molar-refractivity contribution in [3.8, 4) is 5.69 Å². The van der Waals surface area contributed by atoms with Gasteiger partial charge in [0.2, 0.25) is 0 Å². The Morgan fingerprint density at radius 1 is 1.44 bits per heavy atom. The second-order valence-electron chi connectivity index (χ2n) is 3.85. The van der Waals surface area contributed by atoms with E-state index in [4.69, 9.17) is 17.3 Å². The molecule has 0 aliphatic carbocycles. The van der Waals surface area contributed by atoms with E-state index in [-0.39, 0.29) is 6.04 Å². The van der Waals surface area contributed by atoms with Crippen LogP contribution in [0.2, 0.25) is 5.02 Å². The van der Waals surface area contributed by atoms with Crippen molar-refractivity contribution < 1.29 is 0 Å². The van der Waals surface area contributed by atoms with Gasteiger partial charge in [-0.05, 0) is 19.1 Å². The van der Waals surface area contributed by atoms with E-state index in [1.54, 1.807) is 6.20 Å². The summed E-state index contributed by atoms with van der Waals surface area (Å²) in [6.07, 6.45) is 4.40. The number of nitrogens with two attached hydrogens (primary N) is 1. The fourth-order valence-corrected chi connectivity index (χ4v) is 1.87. The molecule has 0 saturated heterocycles. The second-order valence-corrected chi connectivity index (χ2v) is 4.25. The monoisotopic (exact) mass is 235 g/mol. The normalized spacial score (nSPS) is 12.7. The lowest BCUT2D eigenvalue weighted by Crippen LogP contribution is -2.20. The molecule has 0 radical (unpaired) electrons. The minimum Gasteiger partial charge on any atom is -0.328 e. The highest BCUT2D eigenvalue weighted by Gasteiger charge is 2.09. The molecule has 0 saturated carbocycles. The summed E-state index contributed by atoms with van der Waals surface area (Å²) in [6.45, 7) is 1.96. The van der Waals surface area contributed by atoms with Crippen molar-refractivity contribution in [2.75, 3.05) is 0 Å². The number of nitrogens with zero attached hydrogens (tertiary/aromatic N) is 2. The van der Waals surface area contributed by atoms with Gasteiger partial charge in [-0.3, -0.25) is 0 Å². The van der Waals surface area contributed by atoms with E-state index in [0.717, 1.165) is 17.9 Å². The van der Waals surface area contributed by atoms with Gasteiger partial charge in [-0.15, -0.1) is 0 Å². The van der Waals surface area contributed by atoms with Crippen LogP contribution in [0, 0.1) is 0 Å². The number of rotatable bonds is 3. The van der Waals surface area contributed by atoms with Crippen molar-refractivity contribution in [2.24, 2.45) is 5.73 Å². The molecule has 2 N–H and O–H groups in total.